The van der Waals surface area contributed by atoms with E-state index in [9.17, 15) is 0 Å². The molecule has 0 fully saturated rings. The third kappa shape index (κ3) is 2.71. The normalized spacial score (nSPS) is 10.1. The predicted molar refractivity (Wildman–Crippen MR) is 76.4 cm³/mol. The Hall–Kier alpha value is -1.81. The molecule has 3 N–H and O–H groups in total. The maximum absolute atomic E-state index is 7.59. The number of amidine groups is 1. The van der Waals surface area contributed by atoms with E-state index < -0.39 is 0 Å². The van der Waals surface area contributed by atoms with Gasteiger partial charge in [0.25, 0.3) is 0 Å². The van der Waals surface area contributed by atoms with Crippen LogP contribution in [0.2, 0.25) is 0 Å². The summed E-state index contributed by atoms with van der Waals surface area (Å²) >= 11 is 3.37. The van der Waals surface area contributed by atoms with E-state index in [1.165, 1.54) is 0 Å². The van der Waals surface area contributed by atoms with E-state index in [1.54, 1.807) is 6.07 Å². The Kier molecular flexibility index (Phi) is 3.67. The van der Waals surface area contributed by atoms with Crippen LogP contribution in [-0.2, 0) is 0 Å². The Bertz CT molecular complexity index is 596. The molecule has 0 aromatic heterocycles. The van der Waals surface area contributed by atoms with Crippen molar-refractivity contribution in [2.45, 2.75) is 6.92 Å². The lowest BCUT2D eigenvalue weighted by molar-refractivity contribution is 0.481. The van der Waals surface area contributed by atoms with Crippen molar-refractivity contribution in [3.63, 3.8) is 0 Å². The van der Waals surface area contributed by atoms with Crippen molar-refractivity contribution in [1.29, 1.82) is 5.41 Å². The molecule has 2 aromatic rings. The first-order valence-corrected chi connectivity index (χ1v) is 6.24. The minimum Gasteiger partial charge on any atom is -0.457 e. The van der Waals surface area contributed by atoms with Crippen LogP contribution in [0.25, 0.3) is 0 Å². The molecular weight excluding hydrogens is 292 g/mol. The zero-order chi connectivity index (χ0) is 13.1. The first kappa shape index (κ1) is 12.6. The highest BCUT2D eigenvalue weighted by Gasteiger charge is 2.11. The Balaban J connectivity index is 2.40. The quantitative estimate of drug-likeness (QED) is 0.668. The summed E-state index contributed by atoms with van der Waals surface area (Å²) in [6, 6.07) is 13.2. The molecule has 0 unspecified atom stereocenters. The van der Waals surface area contributed by atoms with Crippen LogP contribution in [0.5, 0.6) is 11.5 Å². The first-order valence-electron chi connectivity index (χ1n) is 5.45. The van der Waals surface area contributed by atoms with Gasteiger partial charge in [-0.25, -0.2) is 0 Å². The minimum atomic E-state index is -0.0230. The zero-order valence-electron chi connectivity index (χ0n) is 9.91. The molecule has 0 spiro atoms. The summed E-state index contributed by atoms with van der Waals surface area (Å²) < 4.78 is 6.53. The monoisotopic (exact) mass is 304 g/mol. The molecule has 0 aliphatic heterocycles. The largest absolute Gasteiger partial charge is 0.457 e. The Morgan fingerprint density at radius 3 is 2.61 bits per heavy atom. The molecule has 0 aliphatic carbocycles. The number of rotatable bonds is 3. The molecule has 0 bridgehead atoms. The summed E-state index contributed by atoms with van der Waals surface area (Å²) in [5, 5.41) is 7.59. The van der Waals surface area contributed by atoms with Gasteiger partial charge in [0.05, 0.1) is 5.56 Å². The summed E-state index contributed by atoms with van der Waals surface area (Å²) in [6.45, 7) is 2.00. The zero-order valence-corrected chi connectivity index (χ0v) is 11.5. The van der Waals surface area contributed by atoms with Crippen LogP contribution in [0.1, 0.15) is 11.1 Å². The highest BCUT2D eigenvalue weighted by molar-refractivity contribution is 9.10. The van der Waals surface area contributed by atoms with Crippen LogP contribution in [0.4, 0.5) is 0 Å². The molecule has 0 heterocycles. The van der Waals surface area contributed by atoms with Crippen LogP contribution in [0.3, 0.4) is 0 Å². The van der Waals surface area contributed by atoms with Crippen molar-refractivity contribution in [3.05, 3.63) is 58.1 Å². The fraction of sp³-hybridized carbons (Fsp3) is 0.0714. The van der Waals surface area contributed by atoms with Gasteiger partial charge in [0.1, 0.15) is 17.3 Å². The summed E-state index contributed by atoms with van der Waals surface area (Å²) in [5.74, 6) is 1.28. The highest BCUT2D eigenvalue weighted by Crippen LogP contribution is 2.30. The average molecular weight is 305 g/mol. The van der Waals surface area contributed by atoms with Crippen molar-refractivity contribution in [2.75, 3.05) is 0 Å². The third-order valence-corrected chi connectivity index (χ3v) is 3.12. The van der Waals surface area contributed by atoms with Crippen molar-refractivity contribution in [3.8, 4) is 11.5 Å². The molecule has 0 saturated carbocycles. The molecule has 0 atom stereocenters. The number of hydrogen-bond donors (Lipinski definition) is 2. The van der Waals surface area contributed by atoms with Crippen LogP contribution in [0.15, 0.2) is 46.9 Å². The Morgan fingerprint density at radius 2 is 1.94 bits per heavy atom. The van der Waals surface area contributed by atoms with E-state index in [0.717, 1.165) is 15.8 Å². The van der Waals surface area contributed by atoms with Gasteiger partial charge in [-0.05, 0) is 52.7 Å². The Morgan fingerprint density at radius 1 is 1.22 bits per heavy atom. The van der Waals surface area contributed by atoms with Crippen LogP contribution in [0, 0.1) is 12.3 Å². The van der Waals surface area contributed by atoms with Gasteiger partial charge in [0.15, 0.2) is 0 Å². The first-order chi connectivity index (χ1) is 8.58. The second-order valence-electron chi connectivity index (χ2n) is 3.95. The van der Waals surface area contributed by atoms with Gasteiger partial charge in [-0.2, -0.15) is 0 Å². The van der Waals surface area contributed by atoms with Gasteiger partial charge in [-0.3, -0.25) is 5.41 Å². The fourth-order valence-corrected chi connectivity index (χ4v) is 2.22. The second kappa shape index (κ2) is 5.23. The van der Waals surface area contributed by atoms with E-state index in [4.69, 9.17) is 15.9 Å². The summed E-state index contributed by atoms with van der Waals surface area (Å²) in [4.78, 5) is 0. The number of nitrogens with one attached hydrogen (secondary N) is 1. The third-order valence-electron chi connectivity index (χ3n) is 2.46. The van der Waals surface area contributed by atoms with Gasteiger partial charge < -0.3 is 10.5 Å². The van der Waals surface area contributed by atoms with Crippen molar-refractivity contribution < 1.29 is 4.74 Å². The average Bonchev–Trinajstić information content (AvgIpc) is 2.28. The molecule has 0 radical (unpaired) electrons. The van der Waals surface area contributed by atoms with Gasteiger partial charge in [0.2, 0.25) is 0 Å². The number of aryl methyl sites for hydroxylation is 1. The van der Waals surface area contributed by atoms with Crippen molar-refractivity contribution in [1.82, 2.24) is 0 Å². The molecular formula is C14H13BrN2O. The smallest absolute Gasteiger partial charge is 0.139 e. The molecule has 3 nitrogen and oxygen atoms in total. The van der Waals surface area contributed by atoms with E-state index in [1.807, 2.05) is 43.3 Å². The lowest BCUT2D eigenvalue weighted by atomic mass is 10.2. The molecule has 2 rings (SSSR count). The van der Waals surface area contributed by atoms with Crippen LogP contribution < -0.4 is 10.5 Å². The van der Waals surface area contributed by atoms with Gasteiger partial charge >= 0.3 is 0 Å². The van der Waals surface area contributed by atoms with Gasteiger partial charge in [0, 0.05) is 4.47 Å². The number of ether oxygens (including phenoxy) is 1. The predicted octanol–water partition coefficient (Wildman–Crippen LogP) is 3.83. The van der Waals surface area contributed by atoms with Crippen LogP contribution in [-0.4, -0.2) is 5.84 Å². The lowest BCUT2D eigenvalue weighted by Crippen LogP contribution is -2.13. The summed E-state index contributed by atoms with van der Waals surface area (Å²) in [5.41, 5.74) is 7.26. The van der Waals surface area contributed by atoms with Crippen molar-refractivity contribution in [2.24, 2.45) is 5.73 Å². The van der Waals surface area contributed by atoms with E-state index >= 15 is 0 Å². The number of halogens is 1. The Labute approximate surface area is 114 Å². The lowest BCUT2D eigenvalue weighted by Gasteiger charge is -2.12. The maximum atomic E-state index is 7.59. The SMILES string of the molecule is Cc1cccc(Oc2cccc(Br)c2C(=N)N)c1. The molecule has 0 saturated heterocycles. The second-order valence-corrected chi connectivity index (χ2v) is 4.80. The van der Waals surface area contributed by atoms with Crippen molar-refractivity contribution >= 4 is 21.8 Å². The van der Waals surface area contributed by atoms with E-state index in [-0.39, 0.29) is 5.84 Å². The minimum absolute atomic E-state index is 0.0230. The molecule has 4 heteroatoms. The number of hydrogen-bond acceptors (Lipinski definition) is 2. The number of nitrogen functional groups attached to an aromatic ring is 1. The van der Waals surface area contributed by atoms with Crippen LogP contribution >= 0.6 is 15.9 Å². The van der Waals surface area contributed by atoms with E-state index in [0.29, 0.717) is 11.3 Å². The highest BCUT2D eigenvalue weighted by atomic mass is 79.9. The summed E-state index contributed by atoms with van der Waals surface area (Å²) in [7, 11) is 0. The summed E-state index contributed by atoms with van der Waals surface area (Å²) in [6.07, 6.45) is 0. The molecule has 0 amide bonds. The molecule has 2 aromatic carbocycles. The standard InChI is InChI=1S/C14H13BrN2O/c1-9-4-2-5-10(8-9)18-12-7-3-6-11(15)13(12)14(16)17/h2-8H,1H3,(H3,16,17). The number of benzene rings is 2. The fourth-order valence-electron chi connectivity index (χ4n) is 1.66. The topological polar surface area (TPSA) is 59.1 Å². The molecule has 92 valence electrons. The van der Waals surface area contributed by atoms with Gasteiger partial charge in [-0.1, -0.05) is 18.2 Å². The molecule has 18 heavy (non-hydrogen) atoms. The van der Waals surface area contributed by atoms with E-state index in [2.05, 4.69) is 15.9 Å². The number of nitrogens with two attached hydrogens (primary N) is 1. The van der Waals surface area contributed by atoms with Gasteiger partial charge in [-0.15, -0.1) is 0 Å². The molecule has 0 aliphatic rings. The maximum Gasteiger partial charge on any atom is 0.139 e.